The van der Waals surface area contributed by atoms with E-state index in [4.69, 9.17) is 0 Å². The number of hydrogen-bond donors (Lipinski definition) is 2. The van der Waals surface area contributed by atoms with Crippen LogP contribution < -0.4 is 4.72 Å². The van der Waals surface area contributed by atoms with Gasteiger partial charge in [-0.3, -0.25) is 4.40 Å². The molecular weight excluding hydrogens is 474 g/mol. The Balaban J connectivity index is 1.55. The first-order valence-corrected chi connectivity index (χ1v) is 11.2. The summed E-state index contributed by atoms with van der Waals surface area (Å²) >= 11 is 2.05. The lowest BCUT2D eigenvalue weighted by atomic mass is 10.0. The molecule has 8 nitrogen and oxygen atoms in total. The van der Waals surface area contributed by atoms with Crippen molar-refractivity contribution >= 4 is 49.4 Å². The molecule has 0 aliphatic heterocycles. The van der Waals surface area contributed by atoms with Crippen LogP contribution in [0.15, 0.2) is 18.5 Å². The molecule has 2 aliphatic rings. The fourth-order valence-electron chi connectivity index (χ4n) is 3.68. The highest BCUT2D eigenvalue weighted by molar-refractivity contribution is 14.1. The summed E-state index contributed by atoms with van der Waals surface area (Å²) in [6.45, 7) is 0. The van der Waals surface area contributed by atoms with Crippen molar-refractivity contribution in [1.29, 1.82) is 0 Å². The lowest BCUT2D eigenvalue weighted by molar-refractivity contribution is 0.168. The van der Waals surface area contributed by atoms with Gasteiger partial charge in [-0.2, -0.15) is 0 Å². The Hall–Kier alpha value is -1.34. The van der Waals surface area contributed by atoms with Crippen molar-refractivity contribution in [3.63, 3.8) is 0 Å². The van der Waals surface area contributed by atoms with Crippen molar-refractivity contribution in [3.8, 4) is 0 Å². The Morgan fingerprint density at radius 3 is 2.96 bits per heavy atom. The predicted molar refractivity (Wildman–Crippen MR) is 101 cm³/mol. The number of aromatic amines is 1. The second-order valence-electron chi connectivity index (χ2n) is 7.02. The van der Waals surface area contributed by atoms with Crippen LogP contribution in [0.3, 0.4) is 0 Å². The van der Waals surface area contributed by atoms with Gasteiger partial charge in [-0.15, -0.1) is 10.2 Å². The van der Waals surface area contributed by atoms with Crippen LogP contribution in [0.1, 0.15) is 31.5 Å². The number of H-pyrrole nitrogens is 1. The van der Waals surface area contributed by atoms with Gasteiger partial charge in [-0.05, 0) is 25.3 Å². The van der Waals surface area contributed by atoms with Gasteiger partial charge in [0.05, 0.1) is 20.9 Å². The van der Waals surface area contributed by atoms with Gasteiger partial charge < -0.3 is 4.98 Å². The van der Waals surface area contributed by atoms with Gasteiger partial charge in [0, 0.05) is 18.7 Å². The van der Waals surface area contributed by atoms with Crippen molar-refractivity contribution in [2.24, 2.45) is 0 Å². The van der Waals surface area contributed by atoms with Crippen molar-refractivity contribution in [2.75, 3.05) is 0 Å². The summed E-state index contributed by atoms with van der Waals surface area (Å²) in [5, 5.41) is 7.86. The molecule has 3 atom stereocenters. The topological polar surface area (TPSA) is 105 Å². The molecule has 138 valence electrons. The zero-order valence-electron chi connectivity index (χ0n) is 13.6. The Morgan fingerprint density at radius 2 is 2.19 bits per heavy atom. The van der Waals surface area contributed by atoms with E-state index in [1.165, 1.54) is 0 Å². The van der Waals surface area contributed by atoms with Crippen molar-refractivity contribution in [2.45, 2.75) is 46.6 Å². The monoisotopic (exact) mass is 490 g/mol. The maximum absolute atomic E-state index is 16.1. The molecule has 2 saturated carbocycles. The van der Waals surface area contributed by atoms with Gasteiger partial charge >= 0.3 is 0 Å². The molecule has 0 bridgehead atoms. The number of alkyl halides is 2. The Kier molecular flexibility index (Phi) is 3.61. The molecule has 0 radical (unpaired) electrons. The summed E-state index contributed by atoms with van der Waals surface area (Å²) in [7, 11) is -3.36. The first-order chi connectivity index (χ1) is 12.4. The quantitative estimate of drug-likeness (QED) is 0.429. The molecular formula is C15H16FIN6O2S. The third-order valence-corrected chi connectivity index (χ3v) is 8.65. The van der Waals surface area contributed by atoms with E-state index in [9.17, 15) is 8.42 Å². The van der Waals surface area contributed by atoms with E-state index in [1.807, 2.05) is 0 Å². The molecule has 2 aliphatic carbocycles. The second kappa shape index (κ2) is 5.58. The summed E-state index contributed by atoms with van der Waals surface area (Å²) in [4.78, 5) is 7.24. The highest BCUT2D eigenvalue weighted by Crippen LogP contribution is 2.47. The Labute approximate surface area is 162 Å². The molecule has 11 heteroatoms. The minimum absolute atomic E-state index is 0.0432. The van der Waals surface area contributed by atoms with Gasteiger partial charge in [0.15, 0.2) is 22.8 Å². The first kappa shape index (κ1) is 16.8. The van der Waals surface area contributed by atoms with Crippen molar-refractivity contribution < 1.29 is 12.8 Å². The number of nitrogens with zero attached hydrogens (tertiary/aromatic N) is 4. The maximum atomic E-state index is 16.1. The molecule has 0 amide bonds. The third-order valence-electron chi connectivity index (χ3n) is 5.14. The molecule has 3 aromatic heterocycles. The molecule has 2 fully saturated rings. The number of fused-ring (bicyclic) bond motifs is 3. The maximum Gasteiger partial charge on any atom is 0.214 e. The zero-order valence-corrected chi connectivity index (χ0v) is 16.5. The van der Waals surface area contributed by atoms with Crippen LogP contribution in [0.2, 0.25) is 0 Å². The lowest BCUT2D eigenvalue weighted by Gasteiger charge is -2.21. The molecule has 3 aromatic rings. The highest BCUT2D eigenvalue weighted by atomic mass is 127. The predicted octanol–water partition coefficient (Wildman–Crippen LogP) is 1.82. The van der Waals surface area contributed by atoms with Crippen LogP contribution in [0.5, 0.6) is 0 Å². The number of sulfonamides is 1. The molecule has 5 rings (SSSR count). The summed E-state index contributed by atoms with van der Waals surface area (Å²) in [6.07, 6.45) is 5.10. The molecule has 0 unspecified atom stereocenters. The van der Waals surface area contributed by atoms with Gasteiger partial charge in [0.2, 0.25) is 10.0 Å². The van der Waals surface area contributed by atoms with Crippen LogP contribution >= 0.6 is 22.6 Å². The lowest BCUT2D eigenvalue weighted by Crippen LogP contribution is -2.36. The van der Waals surface area contributed by atoms with Gasteiger partial charge in [0.1, 0.15) is 0 Å². The van der Waals surface area contributed by atoms with E-state index in [-0.39, 0.29) is 17.5 Å². The molecule has 0 spiro atoms. The summed E-state index contributed by atoms with van der Waals surface area (Å²) < 4.78 is 44.5. The SMILES string of the molecule is O=S(=O)(N[C@H]1C[C@@H](I)[C@@](F)(c2nnc3cnc4[nH]ccc4n23)C1)C1CC1. The van der Waals surface area contributed by atoms with E-state index in [0.717, 1.165) is 0 Å². The van der Waals surface area contributed by atoms with E-state index < -0.39 is 25.7 Å². The van der Waals surface area contributed by atoms with Crippen LogP contribution in [0.25, 0.3) is 16.8 Å². The molecule has 0 aromatic carbocycles. The number of hydrogen-bond acceptors (Lipinski definition) is 5. The summed E-state index contributed by atoms with van der Waals surface area (Å²) in [5.74, 6) is 0.201. The number of rotatable bonds is 4. The van der Waals surface area contributed by atoms with Crippen LogP contribution in [0, 0.1) is 0 Å². The van der Waals surface area contributed by atoms with E-state index in [1.54, 1.807) is 22.9 Å². The summed E-state index contributed by atoms with van der Waals surface area (Å²) in [5.41, 5.74) is 0.0124. The standard InChI is InChI=1S/C15H16FIN6O2S/c16-15(6-8(5-11(15)17)22-26(24,25)9-1-2-9)14-21-20-12-7-19-13-10(23(12)14)3-4-18-13/h3-4,7-9,11,18,22H,1-2,5-6H2/t8-,11+,15+/m0/s1. The molecule has 3 heterocycles. The van der Waals surface area contributed by atoms with Gasteiger partial charge in [0.25, 0.3) is 0 Å². The normalized spacial score (nSPS) is 29.8. The summed E-state index contributed by atoms with van der Waals surface area (Å²) in [6, 6.07) is 1.36. The highest BCUT2D eigenvalue weighted by Gasteiger charge is 2.53. The minimum atomic E-state index is -3.36. The van der Waals surface area contributed by atoms with Crippen LogP contribution in [-0.4, -0.2) is 48.2 Å². The van der Waals surface area contributed by atoms with Crippen LogP contribution in [-0.2, 0) is 15.7 Å². The smallest absolute Gasteiger partial charge is 0.214 e. The average Bonchev–Trinajstić information content (AvgIpc) is 3.08. The Bertz CT molecular complexity index is 1110. The fourth-order valence-corrected chi connectivity index (χ4v) is 6.42. The number of halogens is 2. The number of aromatic nitrogens is 5. The number of nitrogens with one attached hydrogen (secondary N) is 2. The van der Waals surface area contributed by atoms with E-state index in [0.29, 0.717) is 36.1 Å². The van der Waals surface area contributed by atoms with E-state index in [2.05, 4.69) is 47.5 Å². The molecule has 26 heavy (non-hydrogen) atoms. The zero-order chi connectivity index (χ0) is 18.1. The molecule has 0 saturated heterocycles. The fraction of sp³-hybridized carbons (Fsp3) is 0.533. The minimum Gasteiger partial charge on any atom is -0.345 e. The van der Waals surface area contributed by atoms with Gasteiger partial charge in [-0.25, -0.2) is 22.5 Å². The van der Waals surface area contributed by atoms with Crippen molar-refractivity contribution in [1.82, 2.24) is 29.3 Å². The third kappa shape index (κ3) is 2.47. The Morgan fingerprint density at radius 1 is 1.38 bits per heavy atom. The average molecular weight is 490 g/mol. The van der Waals surface area contributed by atoms with Crippen LogP contribution in [0.4, 0.5) is 4.39 Å². The van der Waals surface area contributed by atoms with Gasteiger partial charge in [-0.1, -0.05) is 22.6 Å². The second-order valence-corrected chi connectivity index (χ2v) is 10.5. The van der Waals surface area contributed by atoms with Crippen molar-refractivity contribution in [3.05, 3.63) is 24.3 Å². The largest absolute Gasteiger partial charge is 0.345 e. The first-order valence-electron chi connectivity index (χ1n) is 8.40. The molecule has 2 N–H and O–H groups in total. The van der Waals surface area contributed by atoms with E-state index >= 15 is 4.39 Å².